The molecule has 1 N–H and O–H groups in total. The van der Waals surface area contributed by atoms with Gasteiger partial charge in [0.1, 0.15) is 0 Å². The van der Waals surface area contributed by atoms with Gasteiger partial charge in [-0.15, -0.1) is 11.3 Å². The van der Waals surface area contributed by atoms with Crippen molar-refractivity contribution in [1.29, 1.82) is 0 Å². The van der Waals surface area contributed by atoms with Crippen molar-refractivity contribution in [1.82, 2.24) is 0 Å². The average Bonchev–Trinajstić information content (AvgIpc) is 2.75. The number of nitrogens with zero attached hydrogens (tertiary/aromatic N) is 1. The van der Waals surface area contributed by atoms with Crippen LogP contribution in [0.1, 0.15) is 6.42 Å². The minimum Gasteiger partial charge on any atom is -0.383 e. The number of halogens is 1. The molecular weight excluding hydrogens is 360 g/mol. The molecule has 1 aromatic heterocycles. The molecule has 0 radical (unpaired) electrons. The van der Waals surface area contributed by atoms with Crippen molar-refractivity contribution < 1.29 is 8.42 Å². The predicted molar refractivity (Wildman–Crippen MR) is 86.1 cm³/mol. The Morgan fingerprint density at radius 3 is 2.80 bits per heavy atom. The molecule has 2 heterocycles. The van der Waals surface area contributed by atoms with Crippen LogP contribution in [-0.4, -0.2) is 21.5 Å². The summed E-state index contributed by atoms with van der Waals surface area (Å²) < 4.78 is 28.2. The summed E-state index contributed by atoms with van der Waals surface area (Å²) in [6.45, 7) is 1.26. The molecule has 20 heavy (non-hydrogen) atoms. The molecule has 1 aliphatic rings. The molecule has 1 aliphatic heterocycles. The summed E-state index contributed by atoms with van der Waals surface area (Å²) in [7, 11) is -3.52. The van der Waals surface area contributed by atoms with Crippen LogP contribution in [0.3, 0.4) is 0 Å². The topological polar surface area (TPSA) is 49.4 Å². The molecule has 7 heteroatoms. The second kappa shape index (κ2) is 5.38. The third-order valence-electron chi connectivity index (χ3n) is 3.14. The standard InChI is InChI=1S/C13H13BrN2O2S2/c14-10-6-9-19-13(10)20(17,18)16-8-3-7-15-11-4-1-2-5-12(11)16/h1-2,4-6,9,15H,3,7-8H2. The summed E-state index contributed by atoms with van der Waals surface area (Å²) in [6.07, 6.45) is 0.775. The Labute approximate surface area is 130 Å². The van der Waals surface area contributed by atoms with E-state index in [4.69, 9.17) is 0 Å². The lowest BCUT2D eigenvalue weighted by Gasteiger charge is -2.23. The minimum absolute atomic E-state index is 0.356. The van der Waals surface area contributed by atoms with E-state index in [2.05, 4.69) is 21.2 Å². The van der Waals surface area contributed by atoms with Crippen molar-refractivity contribution in [3.05, 3.63) is 40.2 Å². The zero-order chi connectivity index (χ0) is 14.2. The monoisotopic (exact) mass is 372 g/mol. The van der Waals surface area contributed by atoms with E-state index >= 15 is 0 Å². The Morgan fingerprint density at radius 2 is 2.05 bits per heavy atom. The van der Waals surface area contributed by atoms with Crippen LogP contribution in [0.15, 0.2) is 44.4 Å². The number of hydrogen-bond donors (Lipinski definition) is 1. The molecule has 0 fully saturated rings. The molecule has 3 rings (SSSR count). The Balaban J connectivity index is 2.12. The molecule has 0 saturated carbocycles. The fourth-order valence-corrected chi connectivity index (χ4v) is 6.16. The van der Waals surface area contributed by atoms with E-state index in [0.29, 0.717) is 20.9 Å². The first-order chi connectivity index (χ1) is 9.60. The summed E-state index contributed by atoms with van der Waals surface area (Å²) in [6, 6.07) is 9.28. The van der Waals surface area contributed by atoms with Gasteiger partial charge in [0.15, 0.2) is 4.21 Å². The first-order valence-electron chi connectivity index (χ1n) is 6.19. The molecule has 0 spiro atoms. The zero-order valence-corrected chi connectivity index (χ0v) is 13.8. The number of thiophene rings is 1. The Hall–Kier alpha value is -1.05. The highest BCUT2D eigenvalue weighted by atomic mass is 79.9. The number of nitrogens with one attached hydrogen (secondary N) is 1. The van der Waals surface area contributed by atoms with Crippen molar-refractivity contribution in [3.8, 4) is 0 Å². The summed E-state index contributed by atoms with van der Waals surface area (Å²) in [5, 5.41) is 5.05. The van der Waals surface area contributed by atoms with Crippen molar-refractivity contribution in [3.63, 3.8) is 0 Å². The summed E-state index contributed by atoms with van der Waals surface area (Å²) in [5.74, 6) is 0. The highest BCUT2D eigenvalue weighted by Crippen LogP contribution is 2.36. The molecule has 106 valence electrons. The van der Waals surface area contributed by atoms with Gasteiger partial charge in [-0.3, -0.25) is 4.31 Å². The summed E-state index contributed by atoms with van der Waals surface area (Å²) >= 11 is 4.55. The summed E-state index contributed by atoms with van der Waals surface area (Å²) in [4.78, 5) is 0. The van der Waals surface area contributed by atoms with Crippen LogP contribution in [0, 0.1) is 0 Å². The van der Waals surface area contributed by atoms with Crippen LogP contribution in [0.5, 0.6) is 0 Å². The normalized spacial score (nSPS) is 15.3. The number of anilines is 2. The fourth-order valence-electron chi connectivity index (χ4n) is 2.22. The maximum atomic E-state index is 12.9. The van der Waals surface area contributed by atoms with Gasteiger partial charge in [-0.05, 0) is 45.9 Å². The molecule has 0 saturated heterocycles. The molecule has 0 unspecified atom stereocenters. The third kappa shape index (κ3) is 2.34. The number of benzene rings is 1. The van der Waals surface area contributed by atoms with Crippen molar-refractivity contribution in [2.24, 2.45) is 0 Å². The average molecular weight is 373 g/mol. The van der Waals surface area contributed by atoms with Crippen molar-refractivity contribution in [2.45, 2.75) is 10.6 Å². The van der Waals surface area contributed by atoms with Crippen molar-refractivity contribution in [2.75, 3.05) is 22.7 Å². The maximum Gasteiger partial charge on any atom is 0.275 e. The lowest BCUT2D eigenvalue weighted by Crippen LogP contribution is -2.31. The molecule has 2 aromatic rings. The molecule has 0 atom stereocenters. The van der Waals surface area contributed by atoms with Gasteiger partial charge in [0.25, 0.3) is 10.0 Å². The van der Waals surface area contributed by atoms with Gasteiger partial charge in [-0.1, -0.05) is 12.1 Å². The Kier molecular flexibility index (Phi) is 3.74. The van der Waals surface area contributed by atoms with Crippen LogP contribution >= 0.6 is 27.3 Å². The van der Waals surface area contributed by atoms with Crippen LogP contribution in [0.4, 0.5) is 11.4 Å². The van der Waals surface area contributed by atoms with E-state index in [1.54, 1.807) is 11.4 Å². The van der Waals surface area contributed by atoms with Crippen LogP contribution < -0.4 is 9.62 Å². The number of para-hydroxylation sites is 2. The molecule has 0 bridgehead atoms. The van der Waals surface area contributed by atoms with Gasteiger partial charge < -0.3 is 5.32 Å². The van der Waals surface area contributed by atoms with E-state index in [1.807, 2.05) is 24.3 Å². The van der Waals surface area contributed by atoms with E-state index in [0.717, 1.165) is 18.7 Å². The van der Waals surface area contributed by atoms with Gasteiger partial charge in [0, 0.05) is 17.6 Å². The van der Waals surface area contributed by atoms with Gasteiger partial charge in [-0.25, -0.2) is 8.42 Å². The third-order valence-corrected chi connectivity index (χ3v) is 7.60. The van der Waals surface area contributed by atoms with E-state index < -0.39 is 10.0 Å². The lowest BCUT2D eigenvalue weighted by atomic mass is 10.2. The van der Waals surface area contributed by atoms with Crippen molar-refractivity contribution >= 4 is 48.7 Å². The van der Waals surface area contributed by atoms with E-state index in [1.165, 1.54) is 15.6 Å². The first kappa shape index (κ1) is 13.9. The number of fused-ring (bicyclic) bond motifs is 1. The second-order valence-electron chi connectivity index (χ2n) is 4.43. The molecular formula is C13H13BrN2O2S2. The summed E-state index contributed by atoms with van der Waals surface area (Å²) in [5.41, 5.74) is 1.58. The number of rotatable bonds is 2. The molecule has 0 aliphatic carbocycles. The number of hydrogen-bond acceptors (Lipinski definition) is 4. The highest BCUT2D eigenvalue weighted by molar-refractivity contribution is 9.10. The fraction of sp³-hybridized carbons (Fsp3) is 0.231. The maximum absolute atomic E-state index is 12.9. The van der Waals surface area contributed by atoms with Crippen LogP contribution in [-0.2, 0) is 10.0 Å². The Bertz CT molecular complexity index is 727. The van der Waals surface area contributed by atoms with Gasteiger partial charge in [0.05, 0.1) is 11.4 Å². The zero-order valence-electron chi connectivity index (χ0n) is 10.5. The molecule has 1 aromatic carbocycles. The lowest BCUT2D eigenvalue weighted by molar-refractivity contribution is 0.592. The second-order valence-corrected chi connectivity index (χ2v) is 8.26. The SMILES string of the molecule is O=S(=O)(c1sccc1Br)N1CCCNc2ccccc21. The predicted octanol–water partition coefficient (Wildman–Crippen LogP) is 3.52. The largest absolute Gasteiger partial charge is 0.383 e. The first-order valence-corrected chi connectivity index (χ1v) is 9.30. The molecule has 4 nitrogen and oxygen atoms in total. The molecule has 0 amide bonds. The van der Waals surface area contributed by atoms with Gasteiger partial charge >= 0.3 is 0 Å². The van der Waals surface area contributed by atoms with Crippen LogP contribution in [0.25, 0.3) is 0 Å². The number of sulfonamides is 1. The highest BCUT2D eigenvalue weighted by Gasteiger charge is 2.30. The van der Waals surface area contributed by atoms with E-state index in [9.17, 15) is 8.42 Å². The Morgan fingerprint density at radius 1 is 1.25 bits per heavy atom. The quantitative estimate of drug-likeness (QED) is 0.876. The van der Waals surface area contributed by atoms with Crippen LogP contribution in [0.2, 0.25) is 0 Å². The van der Waals surface area contributed by atoms with Gasteiger partial charge in [0.2, 0.25) is 0 Å². The van der Waals surface area contributed by atoms with E-state index in [-0.39, 0.29) is 0 Å². The smallest absolute Gasteiger partial charge is 0.275 e. The minimum atomic E-state index is -3.52. The van der Waals surface area contributed by atoms with Gasteiger partial charge in [-0.2, -0.15) is 0 Å².